The molecule has 1 aromatic carbocycles. The van der Waals surface area contributed by atoms with Crippen LogP contribution in [0.1, 0.15) is 30.3 Å². The van der Waals surface area contributed by atoms with Crippen LogP contribution < -0.4 is 5.32 Å². The Morgan fingerprint density at radius 3 is 2.68 bits per heavy atom. The lowest BCUT2D eigenvalue weighted by molar-refractivity contribution is 0.0659. The highest BCUT2D eigenvalue weighted by atomic mass is 35.5. The van der Waals surface area contributed by atoms with Crippen LogP contribution in [0.4, 0.5) is 0 Å². The van der Waals surface area contributed by atoms with Crippen molar-refractivity contribution in [3.8, 4) is 10.8 Å². The third-order valence-electron chi connectivity index (χ3n) is 4.91. The molecule has 1 fully saturated rings. The van der Waals surface area contributed by atoms with Gasteiger partial charge in [-0.3, -0.25) is 4.79 Å². The number of thiazole rings is 1. The van der Waals surface area contributed by atoms with Gasteiger partial charge in [-0.05, 0) is 56.1 Å². The lowest BCUT2D eigenvalue weighted by Crippen LogP contribution is -2.40. The molecule has 3 heterocycles. The molecule has 1 aliphatic heterocycles. The first-order valence-electron chi connectivity index (χ1n) is 9.20. The second-order valence-corrected chi connectivity index (χ2v) is 7.72. The third-order valence-corrected chi connectivity index (χ3v) is 5.96. The first-order valence-corrected chi connectivity index (χ1v) is 10.0. The number of benzene rings is 1. The lowest BCUT2D eigenvalue weighted by atomic mass is 9.96. The van der Waals surface area contributed by atoms with Crippen molar-refractivity contribution in [2.24, 2.45) is 5.92 Å². The van der Waals surface area contributed by atoms with E-state index in [1.165, 1.54) is 0 Å². The van der Waals surface area contributed by atoms with Crippen LogP contribution in [-0.4, -0.2) is 42.0 Å². The first-order chi connectivity index (χ1) is 12.7. The number of halogens is 2. The molecule has 152 valence electrons. The van der Waals surface area contributed by atoms with E-state index in [1.807, 2.05) is 35.2 Å². The van der Waals surface area contributed by atoms with Crippen molar-refractivity contribution in [3.05, 3.63) is 42.2 Å². The Labute approximate surface area is 181 Å². The van der Waals surface area contributed by atoms with Gasteiger partial charge in [0.15, 0.2) is 16.5 Å². The van der Waals surface area contributed by atoms with Gasteiger partial charge in [-0.25, -0.2) is 4.98 Å². The number of likely N-dealkylation sites (tertiary alicyclic amines) is 1. The molecule has 1 saturated heterocycles. The molecule has 0 bridgehead atoms. The lowest BCUT2D eigenvalue weighted by Gasteiger charge is -2.31. The van der Waals surface area contributed by atoms with E-state index in [4.69, 9.17) is 4.42 Å². The van der Waals surface area contributed by atoms with Gasteiger partial charge in [0, 0.05) is 13.1 Å². The maximum Gasteiger partial charge on any atom is 0.289 e. The van der Waals surface area contributed by atoms with Crippen LogP contribution >= 0.6 is 36.2 Å². The van der Waals surface area contributed by atoms with E-state index < -0.39 is 0 Å². The third kappa shape index (κ3) is 4.87. The Morgan fingerprint density at radius 1 is 1.21 bits per heavy atom. The molecule has 0 aliphatic carbocycles. The summed E-state index contributed by atoms with van der Waals surface area (Å²) in [6, 6.07) is 11.6. The van der Waals surface area contributed by atoms with Gasteiger partial charge < -0.3 is 14.6 Å². The summed E-state index contributed by atoms with van der Waals surface area (Å²) in [5.41, 5.74) is 0.958. The summed E-state index contributed by atoms with van der Waals surface area (Å²) in [6.45, 7) is 5.76. The number of nitrogens with one attached hydrogen (secondary N) is 1. The fraction of sp³-hybridized carbons (Fsp3) is 0.400. The van der Waals surface area contributed by atoms with Crippen molar-refractivity contribution >= 4 is 52.3 Å². The molecule has 0 unspecified atom stereocenters. The van der Waals surface area contributed by atoms with Gasteiger partial charge in [0.05, 0.1) is 10.2 Å². The number of para-hydroxylation sites is 1. The summed E-state index contributed by atoms with van der Waals surface area (Å²) in [6.07, 6.45) is 2.09. The molecule has 3 aromatic rings. The number of hydrogen-bond donors (Lipinski definition) is 1. The second-order valence-electron chi connectivity index (χ2n) is 6.69. The van der Waals surface area contributed by atoms with Crippen LogP contribution in [0, 0.1) is 5.92 Å². The molecule has 28 heavy (non-hydrogen) atoms. The van der Waals surface area contributed by atoms with E-state index in [0.29, 0.717) is 17.4 Å². The molecule has 1 N–H and O–H groups in total. The van der Waals surface area contributed by atoms with Gasteiger partial charge in [-0.1, -0.05) is 19.1 Å². The summed E-state index contributed by atoms with van der Waals surface area (Å²) >= 11 is 1.58. The highest BCUT2D eigenvalue weighted by Gasteiger charge is 2.25. The summed E-state index contributed by atoms with van der Waals surface area (Å²) < 4.78 is 6.97. The molecule has 0 saturated carbocycles. The quantitative estimate of drug-likeness (QED) is 0.613. The summed E-state index contributed by atoms with van der Waals surface area (Å²) in [5, 5.41) is 4.21. The Hall–Kier alpha value is -1.60. The smallest absolute Gasteiger partial charge is 0.289 e. The number of nitrogens with zero attached hydrogens (tertiary/aromatic N) is 2. The van der Waals surface area contributed by atoms with E-state index in [2.05, 4.69) is 17.2 Å². The molecule has 4 rings (SSSR count). The molecule has 0 radical (unpaired) electrons. The van der Waals surface area contributed by atoms with Crippen LogP contribution in [0.2, 0.25) is 0 Å². The molecule has 8 heteroatoms. The topological polar surface area (TPSA) is 58.4 Å². The molecule has 0 spiro atoms. The molecule has 1 aliphatic rings. The maximum atomic E-state index is 12.7. The minimum Gasteiger partial charge on any atom is -0.448 e. The van der Waals surface area contributed by atoms with Crippen molar-refractivity contribution in [2.75, 3.05) is 26.2 Å². The van der Waals surface area contributed by atoms with E-state index in [1.54, 1.807) is 17.4 Å². The van der Waals surface area contributed by atoms with Crippen LogP contribution in [0.25, 0.3) is 21.0 Å². The van der Waals surface area contributed by atoms with Gasteiger partial charge in [-0.15, -0.1) is 36.2 Å². The normalized spacial score (nSPS) is 14.5. The standard InChI is InChI=1S/C20H23N3O2S.2ClH/c1-2-21-13-14-9-11-23(12-10-14)20(24)17-8-7-16(25-17)19-22-15-5-3-4-6-18(15)26-19;;/h3-8,14,21H,2,9-13H2,1H3;2*1H. The first kappa shape index (κ1) is 22.7. The number of hydrogen-bond acceptors (Lipinski definition) is 5. The van der Waals surface area contributed by atoms with E-state index in [0.717, 1.165) is 54.2 Å². The molecule has 0 atom stereocenters. The Kier molecular flexibility index (Phi) is 8.31. The predicted octanol–water partition coefficient (Wildman–Crippen LogP) is 4.86. The van der Waals surface area contributed by atoms with E-state index >= 15 is 0 Å². The zero-order chi connectivity index (χ0) is 17.9. The number of rotatable bonds is 5. The van der Waals surface area contributed by atoms with Crippen molar-refractivity contribution < 1.29 is 9.21 Å². The molecule has 1 amide bonds. The fourth-order valence-electron chi connectivity index (χ4n) is 3.39. The number of piperidine rings is 1. The van der Waals surface area contributed by atoms with Crippen molar-refractivity contribution in [3.63, 3.8) is 0 Å². The maximum absolute atomic E-state index is 12.7. The highest BCUT2D eigenvalue weighted by Crippen LogP contribution is 2.31. The van der Waals surface area contributed by atoms with Gasteiger partial charge >= 0.3 is 0 Å². The van der Waals surface area contributed by atoms with Crippen molar-refractivity contribution in [2.45, 2.75) is 19.8 Å². The molecule has 5 nitrogen and oxygen atoms in total. The van der Waals surface area contributed by atoms with Gasteiger partial charge in [0.2, 0.25) is 0 Å². The molecule has 2 aromatic heterocycles. The van der Waals surface area contributed by atoms with Crippen LogP contribution in [0.15, 0.2) is 40.8 Å². The minimum absolute atomic E-state index is 0. The number of aromatic nitrogens is 1. The van der Waals surface area contributed by atoms with Gasteiger partial charge in [-0.2, -0.15) is 0 Å². The number of carbonyl (C=O) groups excluding carboxylic acids is 1. The number of furan rings is 1. The van der Waals surface area contributed by atoms with E-state index in [-0.39, 0.29) is 30.7 Å². The highest BCUT2D eigenvalue weighted by molar-refractivity contribution is 7.21. The Morgan fingerprint density at radius 2 is 1.96 bits per heavy atom. The fourth-order valence-corrected chi connectivity index (χ4v) is 4.32. The molecular formula is C20H25Cl2N3O2S. The van der Waals surface area contributed by atoms with Gasteiger partial charge in [0.1, 0.15) is 0 Å². The number of fused-ring (bicyclic) bond motifs is 1. The average Bonchev–Trinajstić information content (AvgIpc) is 3.33. The summed E-state index contributed by atoms with van der Waals surface area (Å²) in [5.74, 6) is 1.72. The Balaban J connectivity index is 0.00000140. The minimum atomic E-state index is -0.0146. The van der Waals surface area contributed by atoms with E-state index in [9.17, 15) is 4.79 Å². The predicted molar refractivity (Wildman–Crippen MR) is 119 cm³/mol. The van der Waals surface area contributed by atoms with Crippen molar-refractivity contribution in [1.82, 2.24) is 15.2 Å². The second kappa shape index (κ2) is 10.3. The summed E-state index contributed by atoms with van der Waals surface area (Å²) in [7, 11) is 0. The zero-order valence-electron chi connectivity index (χ0n) is 15.7. The van der Waals surface area contributed by atoms with Crippen LogP contribution in [0.5, 0.6) is 0 Å². The average molecular weight is 442 g/mol. The Bertz CT molecular complexity index is 871. The number of carbonyl (C=O) groups is 1. The SMILES string of the molecule is CCNCC1CCN(C(=O)c2ccc(-c3nc4ccccc4s3)o2)CC1.Cl.Cl. The molecular weight excluding hydrogens is 417 g/mol. The largest absolute Gasteiger partial charge is 0.448 e. The van der Waals surface area contributed by atoms with Crippen molar-refractivity contribution in [1.29, 1.82) is 0 Å². The monoisotopic (exact) mass is 441 g/mol. The van der Waals surface area contributed by atoms with Crippen LogP contribution in [-0.2, 0) is 0 Å². The van der Waals surface area contributed by atoms with Crippen LogP contribution in [0.3, 0.4) is 0 Å². The number of amides is 1. The summed E-state index contributed by atoms with van der Waals surface area (Å²) in [4.78, 5) is 19.2. The van der Waals surface area contributed by atoms with Gasteiger partial charge in [0.25, 0.3) is 5.91 Å². The zero-order valence-corrected chi connectivity index (χ0v) is 18.2.